The fourth-order valence-corrected chi connectivity index (χ4v) is 4.30. The molecule has 6 nitrogen and oxygen atoms in total. The molecule has 0 aliphatic carbocycles. The lowest BCUT2D eigenvalue weighted by Gasteiger charge is -2.34. The van der Waals surface area contributed by atoms with Gasteiger partial charge in [0.05, 0.1) is 18.7 Å². The van der Waals surface area contributed by atoms with Gasteiger partial charge in [0.1, 0.15) is 5.69 Å². The van der Waals surface area contributed by atoms with E-state index < -0.39 is 0 Å². The van der Waals surface area contributed by atoms with Crippen LogP contribution >= 0.6 is 0 Å². The second-order valence-corrected chi connectivity index (χ2v) is 8.30. The Morgan fingerprint density at radius 2 is 1.84 bits per heavy atom. The normalized spacial score (nSPS) is 16.2. The zero-order valence-electron chi connectivity index (χ0n) is 18.9. The van der Waals surface area contributed by atoms with E-state index in [2.05, 4.69) is 17.0 Å². The Morgan fingerprint density at radius 3 is 2.53 bits per heavy atom. The van der Waals surface area contributed by atoms with Crippen LogP contribution in [0.4, 0.5) is 5.88 Å². The minimum atomic E-state index is -0.0273. The summed E-state index contributed by atoms with van der Waals surface area (Å²) in [6.45, 7) is 4.51. The molecule has 6 heteroatoms. The molecule has 1 aliphatic rings. The van der Waals surface area contributed by atoms with Crippen molar-refractivity contribution in [2.45, 2.75) is 38.8 Å². The van der Waals surface area contributed by atoms with Gasteiger partial charge in [-0.1, -0.05) is 53.7 Å². The lowest BCUT2D eigenvalue weighted by atomic mass is 10.0. The molecule has 1 amide bonds. The number of aromatic nitrogens is 1. The number of hydrogen-bond donors (Lipinski definition) is 0. The summed E-state index contributed by atoms with van der Waals surface area (Å²) in [4.78, 5) is 17.5. The highest BCUT2D eigenvalue weighted by molar-refractivity contribution is 5.94. The minimum absolute atomic E-state index is 0.0273. The van der Waals surface area contributed by atoms with Crippen molar-refractivity contribution in [3.8, 4) is 11.3 Å². The molecule has 1 atom stereocenters. The molecular weight excluding hydrogens is 402 g/mol. The predicted molar refractivity (Wildman–Crippen MR) is 126 cm³/mol. The standard InChI is InChI=1S/C26H31N3O3/c1-20-11-9-10-16-29(20)26-23(24(27-32-26)21-12-5-3-6-13-21)19-28(17-18-31-2)25(30)22-14-7-4-8-15-22/h3-8,12-15,20H,9-11,16-19H2,1-2H3. The minimum Gasteiger partial charge on any atom is -0.383 e. The highest BCUT2D eigenvalue weighted by Gasteiger charge is 2.29. The van der Waals surface area contributed by atoms with E-state index in [1.54, 1.807) is 7.11 Å². The van der Waals surface area contributed by atoms with Gasteiger partial charge in [0, 0.05) is 37.4 Å². The highest BCUT2D eigenvalue weighted by Crippen LogP contribution is 2.35. The highest BCUT2D eigenvalue weighted by atomic mass is 16.5. The fourth-order valence-electron chi connectivity index (χ4n) is 4.30. The molecule has 1 unspecified atom stereocenters. The molecule has 1 aromatic heterocycles. The Hall–Kier alpha value is -3.12. The molecule has 1 aliphatic heterocycles. The third kappa shape index (κ3) is 4.86. The van der Waals surface area contributed by atoms with Gasteiger partial charge in [-0.2, -0.15) is 0 Å². The number of methoxy groups -OCH3 is 1. The van der Waals surface area contributed by atoms with Gasteiger partial charge in [0.15, 0.2) is 0 Å². The van der Waals surface area contributed by atoms with Gasteiger partial charge >= 0.3 is 0 Å². The molecule has 1 fully saturated rings. The van der Waals surface area contributed by atoms with Gasteiger partial charge in [0.2, 0.25) is 5.88 Å². The number of anilines is 1. The van der Waals surface area contributed by atoms with Gasteiger partial charge in [-0.3, -0.25) is 4.79 Å². The van der Waals surface area contributed by atoms with Crippen LogP contribution in [0.2, 0.25) is 0 Å². The predicted octanol–water partition coefficient (Wildman–Crippen LogP) is 5.01. The van der Waals surface area contributed by atoms with Crippen LogP contribution in [0.1, 0.15) is 42.1 Å². The Bertz CT molecular complexity index is 1000. The topological polar surface area (TPSA) is 58.8 Å². The summed E-state index contributed by atoms with van der Waals surface area (Å²) in [6.07, 6.45) is 3.47. The van der Waals surface area contributed by atoms with Gasteiger partial charge in [0.25, 0.3) is 5.91 Å². The summed E-state index contributed by atoms with van der Waals surface area (Å²) in [5.74, 6) is 0.750. The first kappa shape index (κ1) is 22.1. The average molecular weight is 434 g/mol. The van der Waals surface area contributed by atoms with Gasteiger partial charge in [-0.25, -0.2) is 0 Å². The van der Waals surface area contributed by atoms with E-state index in [4.69, 9.17) is 9.26 Å². The first-order chi connectivity index (χ1) is 15.7. The summed E-state index contributed by atoms with van der Waals surface area (Å²) in [5.41, 5.74) is 3.39. The maximum absolute atomic E-state index is 13.4. The van der Waals surface area contributed by atoms with Gasteiger partial charge in [-0.15, -0.1) is 0 Å². The molecule has 0 saturated carbocycles. The van der Waals surface area contributed by atoms with Crippen molar-refractivity contribution in [1.29, 1.82) is 0 Å². The van der Waals surface area contributed by atoms with Crippen LogP contribution in [0.25, 0.3) is 11.3 Å². The van der Waals surface area contributed by atoms with Gasteiger partial charge < -0.3 is 19.1 Å². The SMILES string of the molecule is COCCN(Cc1c(-c2ccccc2)noc1N1CCCCC1C)C(=O)c1ccccc1. The van der Waals surface area contributed by atoms with Crippen LogP contribution in [-0.4, -0.2) is 48.8 Å². The number of ether oxygens (including phenoxy) is 1. The zero-order valence-corrected chi connectivity index (χ0v) is 18.9. The third-order valence-corrected chi connectivity index (χ3v) is 6.10. The summed E-state index contributed by atoms with van der Waals surface area (Å²) >= 11 is 0. The van der Waals surface area contributed by atoms with Crippen molar-refractivity contribution in [2.24, 2.45) is 0 Å². The van der Waals surface area contributed by atoms with E-state index in [0.717, 1.165) is 42.1 Å². The molecular formula is C26H31N3O3. The van der Waals surface area contributed by atoms with E-state index in [1.807, 2.05) is 65.6 Å². The number of carbonyl (C=O) groups excluding carboxylic acids is 1. The van der Waals surface area contributed by atoms with Crippen molar-refractivity contribution < 1.29 is 14.1 Å². The van der Waals surface area contributed by atoms with Crippen LogP contribution < -0.4 is 4.90 Å². The van der Waals surface area contributed by atoms with Crippen molar-refractivity contribution in [3.05, 3.63) is 71.8 Å². The number of amides is 1. The molecule has 1 saturated heterocycles. The van der Waals surface area contributed by atoms with E-state index in [9.17, 15) is 4.79 Å². The summed E-state index contributed by atoms with van der Waals surface area (Å²) in [7, 11) is 1.65. The van der Waals surface area contributed by atoms with Crippen LogP contribution in [0.5, 0.6) is 0 Å². The Morgan fingerprint density at radius 1 is 1.12 bits per heavy atom. The number of rotatable bonds is 8. The summed E-state index contributed by atoms with van der Waals surface area (Å²) in [6, 6.07) is 19.8. The lowest BCUT2D eigenvalue weighted by Crippen LogP contribution is -2.39. The average Bonchev–Trinajstić information content (AvgIpc) is 3.26. The molecule has 3 aromatic rings. The van der Waals surface area contributed by atoms with Crippen molar-refractivity contribution >= 4 is 11.8 Å². The molecule has 0 bridgehead atoms. The van der Waals surface area contributed by atoms with Gasteiger partial charge in [-0.05, 0) is 38.3 Å². The molecule has 0 spiro atoms. The Labute approximate surface area is 189 Å². The molecule has 32 heavy (non-hydrogen) atoms. The monoisotopic (exact) mass is 433 g/mol. The number of piperidine rings is 1. The number of benzene rings is 2. The first-order valence-corrected chi connectivity index (χ1v) is 11.3. The first-order valence-electron chi connectivity index (χ1n) is 11.3. The van der Waals surface area contributed by atoms with Crippen molar-refractivity contribution in [3.63, 3.8) is 0 Å². The van der Waals surface area contributed by atoms with Crippen molar-refractivity contribution in [1.82, 2.24) is 10.1 Å². The number of hydrogen-bond acceptors (Lipinski definition) is 5. The lowest BCUT2D eigenvalue weighted by molar-refractivity contribution is 0.0680. The van der Waals surface area contributed by atoms with E-state index in [1.165, 1.54) is 6.42 Å². The third-order valence-electron chi connectivity index (χ3n) is 6.10. The molecule has 2 aromatic carbocycles. The zero-order chi connectivity index (χ0) is 22.3. The van der Waals surface area contributed by atoms with E-state index in [-0.39, 0.29) is 5.91 Å². The summed E-state index contributed by atoms with van der Waals surface area (Å²) < 4.78 is 11.3. The molecule has 2 heterocycles. The van der Waals surface area contributed by atoms with E-state index in [0.29, 0.717) is 31.3 Å². The number of carbonyl (C=O) groups is 1. The fraction of sp³-hybridized carbons (Fsp3) is 0.385. The molecule has 0 radical (unpaired) electrons. The Balaban J connectivity index is 1.73. The van der Waals surface area contributed by atoms with E-state index >= 15 is 0 Å². The largest absolute Gasteiger partial charge is 0.383 e. The maximum Gasteiger partial charge on any atom is 0.254 e. The molecule has 168 valence electrons. The Kier molecular flexibility index (Phi) is 7.22. The van der Waals surface area contributed by atoms with Crippen molar-refractivity contribution in [2.75, 3.05) is 31.7 Å². The quantitative estimate of drug-likeness (QED) is 0.500. The van der Waals surface area contributed by atoms with Crippen LogP contribution in [0.3, 0.4) is 0 Å². The molecule has 4 rings (SSSR count). The smallest absolute Gasteiger partial charge is 0.254 e. The van der Waals surface area contributed by atoms with Crippen LogP contribution in [0.15, 0.2) is 65.2 Å². The second kappa shape index (κ2) is 10.5. The molecule has 0 N–H and O–H groups in total. The maximum atomic E-state index is 13.4. The second-order valence-electron chi connectivity index (χ2n) is 8.30. The number of nitrogens with zero attached hydrogens (tertiary/aromatic N) is 3. The van der Waals surface area contributed by atoms with Crippen LogP contribution in [-0.2, 0) is 11.3 Å². The summed E-state index contributed by atoms with van der Waals surface area (Å²) in [5, 5.41) is 4.48. The van der Waals surface area contributed by atoms with Crippen LogP contribution in [0, 0.1) is 0 Å².